The Labute approximate surface area is 118 Å². The van der Waals surface area contributed by atoms with Crippen LogP contribution in [0.25, 0.3) is 0 Å². The maximum atomic E-state index is 11.6. The third-order valence-electron chi connectivity index (χ3n) is 4.68. The van der Waals surface area contributed by atoms with E-state index < -0.39 is 0 Å². The molecule has 1 saturated heterocycles. The fourth-order valence-corrected chi connectivity index (χ4v) is 3.56. The van der Waals surface area contributed by atoms with E-state index in [0.29, 0.717) is 23.1 Å². The van der Waals surface area contributed by atoms with Crippen molar-refractivity contribution in [3.05, 3.63) is 23.8 Å². The van der Waals surface area contributed by atoms with Gasteiger partial charge in [0.25, 0.3) is 5.91 Å². The summed E-state index contributed by atoms with van der Waals surface area (Å²) in [6, 6.07) is 5.43. The minimum absolute atomic E-state index is 0.128. The van der Waals surface area contributed by atoms with E-state index in [0.717, 1.165) is 31.6 Å². The highest BCUT2D eigenvalue weighted by atomic mass is 16.3. The van der Waals surface area contributed by atoms with Gasteiger partial charge in [-0.05, 0) is 37.0 Å². The van der Waals surface area contributed by atoms with Gasteiger partial charge in [-0.3, -0.25) is 4.79 Å². The predicted molar refractivity (Wildman–Crippen MR) is 78.7 cm³/mol. The standard InChI is InChI=1S/C15H21N3O2/c1-17-15(20)9-2-4-13(12(16)6-9)18-7-10-3-5-14(19)11(10)8-18/h2,4,6,10-11,14,19H,3,5,7-8,16H2,1H3,(H,17,20). The molecule has 2 aliphatic rings. The van der Waals surface area contributed by atoms with Crippen LogP contribution in [-0.2, 0) is 0 Å². The zero-order valence-corrected chi connectivity index (χ0v) is 11.7. The Hall–Kier alpha value is -1.75. The van der Waals surface area contributed by atoms with Crippen molar-refractivity contribution in [2.45, 2.75) is 18.9 Å². The Morgan fingerprint density at radius 1 is 1.40 bits per heavy atom. The van der Waals surface area contributed by atoms with E-state index >= 15 is 0 Å². The van der Waals surface area contributed by atoms with Crippen LogP contribution in [-0.4, -0.2) is 37.3 Å². The molecular formula is C15H21N3O2. The molecular weight excluding hydrogens is 254 g/mol. The van der Waals surface area contributed by atoms with Crippen LogP contribution in [0.1, 0.15) is 23.2 Å². The van der Waals surface area contributed by atoms with Crippen molar-refractivity contribution in [1.82, 2.24) is 5.32 Å². The van der Waals surface area contributed by atoms with Crippen molar-refractivity contribution in [1.29, 1.82) is 0 Å². The third-order valence-corrected chi connectivity index (χ3v) is 4.68. The Balaban J connectivity index is 1.80. The van der Waals surface area contributed by atoms with Gasteiger partial charge in [-0.2, -0.15) is 0 Å². The minimum atomic E-state index is -0.170. The van der Waals surface area contributed by atoms with Crippen LogP contribution in [0.4, 0.5) is 11.4 Å². The number of fused-ring (bicyclic) bond motifs is 1. The summed E-state index contributed by atoms with van der Waals surface area (Å²) in [5.74, 6) is 0.813. The summed E-state index contributed by atoms with van der Waals surface area (Å²) < 4.78 is 0. The van der Waals surface area contributed by atoms with Crippen molar-refractivity contribution in [2.24, 2.45) is 11.8 Å². The largest absolute Gasteiger partial charge is 0.397 e. The second-order valence-electron chi connectivity index (χ2n) is 5.83. The van der Waals surface area contributed by atoms with Crippen molar-refractivity contribution in [3.8, 4) is 0 Å². The summed E-state index contributed by atoms with van der Waals surface area (Å²) in [5.41, 5.74) is 8.27. The highest BCUT2D eigenvalue weighted by Crippen LogP contribution is 2.41. The lowest BCUT2D eigenvalue weighted by Crippen LogP contribution is -2.25. The first-order valence-electron chi connectivity index (χ1n) is 7.14. The highest BCUT2D eigenvalue weighted by molar-refractivity contribution is 5.96. The summed E-state index contributed by atoms with van der Waals surface area (Å²) in [7, 11) is 1.61. The SMILES string of the molecule is CNC(=O)c1ccc(N2CC3CCC(O)C3C2)c(N)c1. The predicted octanol–water partition coefficient (Wildman–Crippen LogP) is 0.836. The van der Waals surface area contributed by atoms with E-state index in [-0.39, 0.29) is 12.0 Å². The van der Waals surface area contributed by atoms with Gasteiger partial charge >= 0.3 is 0 Å². The molecule has 1 saturated carbocycles. The Morgan fingerprint density at radius 3 is 2.85 bits per heavy atom. The first-order valence-corrected chi connectivity index (χ1v) is 7.14. The van der Waals surface area contributed by atoms with Gasteiger partial charge in [0.15, 0.2) is 0 Å². The number of nitrogens with one attached hydrogen (secondary N) is 1. The van der Waals surface area contributed by atoms with Gasteiger partial charge in [0.1, 0.15) is 0 Å². The number of anilines is 2. The first kappa shape index (κ1) is 13.2. The van der Waals surface area contributed by atoms with Crippen LogP contribution in [0.5, 0.6) is 0 Å². The molecule has 1 aliphatic carbocycles. The first-order chi connectivity index (χ1) is 9.60. The Bertz CT molecular complexity index is 532. The number of hydrogen-bond acceptors (Lipinski definition) is 4. The van der Waals surface area contributed by atoms with Crippen LogP contribution in [0.2, 0.25) is 0 Å². The smallest absolute Gasteiger partial charge is 0.251 e. The number of nitrogens with zero attached hydrogens (tertiary/aromatic N) is 1. The number of carbonyl (C=O) groups excluding carboxylic acids is 1. The number of hydrogen-bond donors (Lipinski definition) is 3. The molecule has 5 heteroatoms. The summed E-state index contributed by atoms with van der Waals surface area (Å²) in [6.07, 6.45) is 1.85. The van der Waals surface area contributed by atoms with Crippen molar-refractivity contribution >= 4 is 17.3 Å². The maximum Gasteiger partial charge on any atom is 0.251 e. The van der Waals surface area contributed by atoms with Gasteiger partial charge in [-0.25, -0.2) is 0 Å². The van der Waals surface area contributed by atoms with E-state index in [1.54, 1.807) is 19.2 Å². The molecule has 3 rings (SSSR count). The Morgan fingerprint density at radius 2 is 2.20 bits per heavy atom. The quantitative estimate of drug-likeness (QED) is 0.699. The molecule has 0 aromatic heterocycles. The molecule has 20 heavy (non-hydrogen) atoms. The molecule has 1 aromatic carbocycles. The fourth-order valence-electron chi connectivity index (χ4n) is 3.56. The van der Waals surface area contributed by atoms with Crippen molar-refractivity contribution in [3.63, 3.8) is 0 Å². The molecule has 2 fully saturated rings. The zero-order valence-electron chi connectivity index (χ0n) is 11.7. The second kappa shape index (κ2) is 4.98. The third kappa shape index (κ3) is 2.12. The molecule has 0 radical (unpaired) electrons. The van der Waals surface area contributed by atoms with Crippen LogP contribution in [0.15, 0.2) is 18.2 Å². The van der Waals surface area contributed by atoms with E-state index in [4.69, 9.17) is 5.73 Å². The summed E-state index contributed by atoms with van der Waals surface area (Å²) >= 11 is 0. The van der Waals surface area contributed by atoms with Crippen molar-refractivity contribution in [2.75, 3.05) is 30.8 Å². The van der Waals surface area contributed by atoms with Crippen LogP contribution in [0.3, 0.4) is 0 Å². The number of carbonyl (C=O) groups is 1. The summed E-state index contributed by atoms with van der Waals surface area (Å²) in [6.45, 7) is 1.81. The highest BCUT2D eigenvalue weighted by Gasteiger charge is 2.42. The van der Waals surface area contributed by atoms with E-state index in [2.05, 4.69) is 10.2 Å². The lowest BCUT2D eigenvalue weighted by Gasteiger charge is -2.22. The zero-order chi connectivity index (χ0) is 14.3. The van der Waals surface area contributed by atoms with E-state index in [1.165, 1.54) is 0 Å². The van der Waals surface area contributed by atoms with Crippen LogP contribution < -0.4 is 16.0 Å². The molecule has 1 amide bonds. The van der Waals surface area contributed by atoms with Gasteiger partial charge < -0.3 is 21.1 Å². The van der Waals surface area contributed by atoms with Crippen LogP contribution >= 0.6 is 0 Å². The molecule has 108 valence electrons. The maximum absolute atomic E-state index is 11.6. The molecule has 4 N–H and O–H groups in total. The topological polar surface area (TPSA) is 78.6 Å². The number of nitrogens with two attached hydrogens (primary N) is 1. The molecule has 1 aliphatic heterocycles. The molecule has 0 bridgehead atoms. The van der Waals surface area contributed by atoms with E-state index in [1.807, 2.05) is 6.07 Å². The molecule has 1 heterocycles. The number of benzene rings is 1. The molecule has 3 atom stereocenters. The minimum Gasteiger partial charge on any atom is -0.397 e. The van der Waals surface area contributed by atoms with Gasteiger partial charge in [0.05, 0.1) is 17.5 Å². The molecule has 5 nitrogen and oxygen atoms in total. The molecule has 3 unspecified atom stereocenters. The van der Waals surface area contributed by atoms with Gasteiger partial charge in [-0.15, -0.1) is 0 Å². The van der Waals surface area contributed by atoms with Gasteiger partial charge in [-0.1, -0.05) is 0 Å². The Kier molecular flexibility index (Phi) is 3.30. The van der Waals surface area contributed by atoms with Gasteiger partial charge in [0, 0.05) is 31.6 Å². The van der Waals surface area contributed by atoms with Gasteiger partial charge in [0.2, 0.25) is 0 Å². The van der Waals surface area contributed by atoms with Crippen LogP contribution in [0, 0.1) is 11.8 Å². The lowest BCUT2D eigenvalue weighted by molar-refractivity contribution is 0.0963. The number of rotatable bonds is 2. The number of aliphatic hydroxyl groups is 1. The fraction of sp³-hybridized carbons (Fsp3) is 0.533. The average Bonchev–Trinajstić information content (AvgIpc) is 3.00. The normalized spacial score (nSPS) is 28.5. The number of aliphatic hydroxyl groups excluding tert-OH is 1. The average molecular weight is 275 g/mol. The number of nitrogen functional groups attached to an aromatic ring is 1. The molecule has 0 spiro atoms. The lowest BCUT2D eigenvalue weighted by atomic mass is 10.00. The second-order valence-corrected chi connectivity index (χ2v) is 5.83. The molecule has 1 aromatic rings. The number of amides is 1. The van der Waals surface area contributed by atoms with E-state index in [9.17, 15) is 9.90 Å². The van der Waals surface area contributed by atoms with Crippen molar-refractivity contribution < 1.29 is 9.90 Å². The monoisotopic (exact) mass is 275 g/mol. The summed E-state index contributed by atoms with van der Waals surface area (Å²) in [5, 5.41) is 12.6. The summed E-state index contributed by atoms with van der Waals surface area (Å²) in [4.78, 5) is 13.8.